The molecule has 104 valence electrons. The van der Waals surface area contributed by atoms with Crippen molar-refractivity contribution in [3.05, 3.63) is 24.0 Å². The van der Waals surface area contributed by atoms with E-state index in [4.69, 9.17) is 9.84 Å². The van der Waals surface area contributed by atoms with Crippen LogP contribution >= 0.6 is 0 Å². The monoisotopic (exact) mass is 266 g/mol. The number of aromatic nitrogens is 1. The van der Waals surface area contributed by atoms with Crippen molar-refractivity contribution in [2.75, 3.05) is 19.8 Å². The number of hydrogen-bond donors (Lipinski definition) is 3. The number of H-pyrrole nitrogens is 1. The van der Waals surface area contributed by atoms with Crippen LogP contribution in [0, 0.1) is 5.41 Å². The Morgan fingerprint density at radius 1 is 1.53 bits per heavy atom. The van der Waals surface area contributed by atoms with Gasteiger partial charge in [-0.2, -0.15) is 0 Å². The van der Waals surface area contributed by atoms with Gasteiger partial charge in [0.1, 0.15) is 0 Å². The van der Waals surface area contributed by atoms with Gasteiger partial charge in [-0.1, -0.05) is 13.8 Å². The number of nitrogens with one attached hydrogen (secondary N) is 2. The Bertz CT molecular complexity index is 475. The number of aromatic amines is 1. The van der Waals surface area contributed by atoms with Crippen molar-refractivity contribution in [3.8, 4) is 0 Å². The molecule has 0 saturated carbocycles. The first kappa shape index (κ1) is 13.6. The van der Waals surface area contributed by atoms with Crippen LogP contribution in [0.25, 0.3) is 0 Å². The zero-order valence-corrected chi connectivity index (χ0v) is 11.0. The minimum Gasteiger partial charge on any atom is -0.480 e. The summed E-state index contributed by atoms with van der Waals surface area (Å²) in [5.41, 5.74) is -0.615. The average Bonchev–Trinajstić information content (AvgIpc) is 2.78. The minimum atomic E-state index is -1.41. The lowest BCUT2D eigenvalue weighted by Gasteiger charge is -2.36. The van der Waals surface area contributed by atoms with Crippen molar-refractivity contribution in [3.63, 3.8) is 0 Å². The van der Waals surface area contributed by atoms with Crippen molar-refractivity contribution in [2.45, 2.75) is 19.3 Å². The van der Waals surface area contributed by atoms with Crippen molar-refractivity contribution >= 4 is 11.9 Å². The number of aliphatic carboxylic acids is 1. The van der Waals surface area contributed by atoms with E-state index in [-0.39, 0.29) is 18.6 Å². The van der Waals surface area contributed by atoms with Crippen LogP contribution in [0.2, 0.25) is 0 Å². The highest BCUT2D eigenvalue weighted by molar-refractivity contribution is 6.03. The molecule has 1 aliphatic rings. The van der Waals surface area contributed by atoms with Crippen molar-refractivity contribution in [2.24, 2.45) is 5.41 Å². The Kier molecular flexibility index (Phi) is 3.36. The van der Waals surface area contributed by atoms with Crippen LogP contribution in [0.5, 0.6) is 0 Å². The molecule has 0 unspecified atom stereocenters. The zero-order chi connectivity index (χ0) is 14.1. The summed E-state index contributed by atoms with van der Waals surface area (Å²) in [5, 5.41) is 11.8. The molecule has 0 aliphatic carbocycles. The Labute approximate surface area is 111 Å². The molecule has 1 aromatic heterocycles. The highest BCUT2D eigenvalue weighted by Crippen LogP contribution is 2.29. The molecule has 0 aromatic carbocycles. The van der Waals surface area contributed by atoms with Crippen LogP contribution in [0.4, 0.5) is 0 Å². The second-order valence-electron chi connectivity index (χ2n) is 5.55. The largest absolute Gasteiger partial charge is 0.480 e. The molecule has 6 heteroatoms. The predicted molar refractivity (Wildman–Crippen MR) is 67.7 cm³/mol. The van der Waals surface area contributed by atoms with Crippen LogP contribution < -0.4 is 5.32 Å². The van der Waals surface area contributed by atoms with Crippen LogP contribution in [-0.4, -0.2) is 41.7 Å². The summed E-state index contributed by atoms with van der Waals surface area (Å²) in [6.45, 7) is 4.23. The second kappa shape index (κ2) is 4.70. The molecule has 1 saturated heterocycles. The van der Waals surface area contributed by atoms with Gasteiger partial charge in [0.2, 0.25) is 5.91 Å². The molecule has 1 aromatic rings. The highest BCUT2D eigenvalue weighted by Gasteiger charge is 2.53. The lowest BCUT2D eigenvalue weighted by atomic mass is 9.83. The Morgan fingerprint density at radius 3 is 2.63 bits per heavy atom. The molecule has 1 aliphatic heterocycles. The quantitative estimate of drug-likeness (QED) is 0.677. The van der Waals surface area contributed by atoms with E-state index in [1.807, 2.05) is 32.3 Å². The number of carboxylic acids is 1. The third-order valence-corrected chi connectivity index (χ3v) is 3.61. The Hall–Kier alpha value is -1.82. The lowest BCUT2D eigenvalue weighted by Crippen LogP contribution is -2.59. The van der Waals surface area contributed by atoms with E-state index in [1.54, 1.807) is 0 Å². The van der Waals surface area contributed by atoms with Crippen molar-refractivity contribution < 1.29 is 19.4 Å². The molecular weight excluding hydrogens is 248 g/mol. The third-order valence-electron chi connectivity index (χ3n) is 3.61. The lowest BCUT2D eigenvalue weighted by molar-refractivity contribution is -0.185. The Balaban J connectivity index is 1.99. The SMILES string of the molecule is CC(C)(CNC(=O)C1(C(=O)O)COC1)c1cc[nH]c1. The molecule has 2 rings (SSSR count). The molecule has 0 spiro atoms. The standard InChI is InChI=1S/C13H18N2O4/c1-12(2,9-3-4-14-5-9)6-15-10(16)13(11(17)18)7-19-8-13/h3-5,14H,6-8H2,1-2H3,(H,15,16)(H,17,18). The Morgan fingerprint density at radius 2 is 2.21 bits per heavy atom. The normalized spacial score (nSPS) is 17.6. The fraction of sp³-hybridized carbons (Fsp3) is 0.538. The van der Waals surface area contributed by atoms with Crippen LogP contribution in [0.3, 0.4) is 0 Å². The van der Waals surface area contributed by atoms with Crippen molar-refractivity contribution in [1.29, 1.82) is 0 Å². The molecule has 0 radical (unpaired) electrons. The first-order chi connectivity index (χ1) is 8.88. The molecule has 1 fully saturated rings. The van der Waals surface area contributed by atoms with Crippen LogP contribution in [0.1, 0.15) is 19.4 Å². The van der Waals surface area contributed by atoms with E-state index in [1.165, 1.54) is 0 Å². The number of rotatable bonds is 5. The van der Waals surface area contributed by atoms with E-state index in [0.29, 0.717) is 6.54 Å². The molecule has 0 bridgehead atoms. The maximum absolute atomic E-state index is 12.0. The number of ether oxygens (including phenoxy) is 1. The van der Waals surface area contributed by atoms with Gasteiger partial charge in [-0.15, -0.1) is 0 Å². The number of carboxylic acid groups (broad SMARTS) is 1. The van der Waals surface area contributed by atoms with Gasteiger partial charge in [-0.3, -0.25) is 9.59 Å². The number of carbonyl (C=O) groups excluding carboxylic acids is 1. The van der Waals surface area contributed by atoms with Crippen LogP contribution in [0.15, 0.2) is 18.5 Å². The highest BCUT2D eigenvalue weighted by atomic mass is 16.5. The summed E-state index contributed by atoms with van der Waals surface area (Å²) in [4.78, 5) is 26.1. The maximum Gasteiger partial charge on any atom is 0.324 e. The molecule has 2 heterocycles. The summed E-state index contributed by atoms with van der Waals surface area (Å²) >= 11 is 0. The summed E-state index contributed by atoms with van der Waals surface area (Å²) in [5.74, 6) is -1.61. The number of amides is 1. The average molecular weight is 266 g/mol. The van der Waals surface area contributed by atoms with Gasteiger partial charge >= 0.3 is 5.97 Å². The first-order valence-electron chi connectivity index (χ1n) is 6.11. The number of carbonyl (C=O) groups is 2. The minimum absolute atomic E-state index is 0.0568. The van der Waals surface area contributed by atoms with Crippen LogP contribution in [-0.2, 0) is 19.7 Å². The van der Waals surface area contributed by atoms with E-state index < -0.39 is 17.3 Å². The van der Waals surface area contributed by atoms with E-state index >= 15 is 0 Å². The fourth-order valence-corrected chi connectivity index (χ4v) is 1.98. The van der Waals surface area contributed by atoms with Gasteiger partial charge in [-0.05, 0) is 11.6 Å². The predicted octanol–water partition coefficient (Wildman–Crippen LogP) is 0.510. The molecule has 6 nitrogen and oxygen atoms in total. The summed E-state index contributed by atoms with van der Waals surface area (Å²) < 4.78 is 4.88. The summed E-state index contributed by atoms with van der Waals surface area (Å²) in [6, 6.07) is 1.94. The van der Waals surface area contributed by atoms with E-state index in [2.05, 4.69) is 10.3 Å². The molecule has 1 amide bonds. The van der Waals surface area contributed by atoms with Gasteiger partial charge < -0.3 is 20.1 Å². The molecular formula is C13H18N2O4. The summed E-state index contributed by atoms with van der Waals surface area (Å²) in [7, 11) is 0. The smallest absolute Gasteiger partial charge is 0.324 e. The topological polar surface area (TPSA) is 91.4 Å². The molecule has 0 atom stereocenters. The first-order valence-corrected chi connectivity index (χ1v) is 6.11. The van der Waals surface area contributed by atoms with Gasteiger partial charge in [0.05, 0.1) is 13.2 Å². The maximum atomic E-state index is 12.0. The van der Waals surface area contributed by atoms with Gasteiger partial charge in [0.15, 0.2) is 5.41 Å². The van der Waals surface area contributed by atoms with Crippen molar-refractivity contribution in [1.82, 2.24) is 10.3 Å². The van der Waals surface area contributed by atoms with Gasteiger partial charge in [0.25, 0.3) is 0 Å². The van der Waals surface area contributed by atoms with E-state index in [0.717, 1.165) is 5.56 Å². The van der Waals surface area contributed by atoms with E-state index in [9.17, 15) is 9.59 Å². The summed E-state index contributed by atoms with van der Waals surface area (Å²) in [6.07, 6.45) is 3.68. The van der Waals surface area contributed by atoms with Gasteiger partial charge in [0, 0.05) is 24.4 Å². The second-order valence-corrected chi connectivity index (χ2v) is 5.55. The third kappa shape index (κ3) is 2.35. The zero-order valence-electron chi connectivity index (χ0n) is 11.0. The number of hydrogen-bond acceptors (Lipinski definition) is 3. The molecule has 19 heavy (non-hydrogen) atoms. The van der Waals surface area contributed by atoms with Gasteiger partial charge in [-0.25, -0.2) is 0 Å². The molecule has 3 N–H and O–H groups in total. The fourth-order valence-electron chi connectivity index (χ4n) is 1.98.